The van der Waals surface area contributed by atoms with Crippen molar-refractivity contribution in [3.63, 3.8) is 0 Å². The molecule has 2 aliphatic rings. The van der Waals surface area contributed by atoms with E-state index in [1.807, 2.05) is 0 Å². The lowest BCUT2D eigenvalue weighted by atomic mass is 9.85. The van der Waals surface area contributed by atoms with Crippen LogP contribution in [0.5, 0.6) is 0 Å². The van der Waals surface area contributed by atoms with Crippen LogP contribution in [0.2, 0.25) is 0 Å². The molecular weight excluding hydrogens is 326 g/mol. The standard InChI is InChI=1S/C17H21N3O3S/c21-17(15-5-6-18-23-15)19-14-11-20(10-13-4-2-8-24-13)9-12-3-1-7-22-16(12)14/h2,4-6,8,12,14,16H,1,3,7,9-11H2,(H,19,21)/t12-,14+,16-/m0/s1. The van der Waals surface area contributed by atoms with Crippen LogP contribution in [0.3, 0.4) is 0 Å². The van der Waals surface area contributed by atoms with Crippen molar-refractivity contribution in [2.45, 2.75) is 31.5 Å². The molecule has 2 fully saturated rings. The Morgan fingerprint density at radius 1 is 1.42 bits per heavy atom. The summed E-state index contributed by atoms with van der Waals surface area (Å²) in [5.74, 6) is 0.494. The summed E-state index contributed by atoms with van der Waals surface area (Å²) in [5, 5.41) is 8.81. The summed E-state index contributed by atoms with van der Waals surface area (Å²) >= 11 is 1.78. The topological polar surface area (TPSA) is 67.6 Å². The smallest absolute Gasteiger partial charge is 0.290 e. The molecule has 0 radical (unpaired) electrons. The SMILES string of the molecule is O=C(N[C@@H]1CN(Cc2cccs2)C[C@@H]2CCCO[C@@H]21)c1ccno1. The van der Waals surface area contributed by atoms with Gasteiger partial charge in [-0.2, -0.15) is 0 Å². The van der Waals surface area contributed by atoms with Crippen molar-refractivity contribution in [3.8, 4) is 0 Å². The fourth-order valence-electron chi connectivity index (χ4n) is 3.75. The van der Waals surface area contributed by atoms with Gasteiger partial charge in [-0.3, -0.25) is 9.69 Å². The highest BCUT2D eigenvalue weighted by Gasteiger charge is 2.40. The van der Waals surface area contributed by atoms with Crippen molar-refractivity contribution in [1.29, 1.82) is 0 Å². The number of rotatable bonds is 4. The Bertz CT molecular complexity index is 659. The van der Waals surface area contributed by atoms with Crippen molar-refractivity contribution in [2.24, 2.45) is 5.92 Å². The lowest BCUT2D eigenvalue weighted by Gasteiger charge is -2.45. The molecule has 2 aliphatic heterocycles. The largest absolute Gasteiger partial charge is 0.376 e. The Hall–Kier alpha value is -1.70. The number of carbonyl (C=O) groups is 1. The minimum Gasteiger partial charge on any atom is -0.376 e. The summed E-state index contributed by atoms with van der Waals surface area (Å²) in [4.78, 5) is 16.1. The Balaban J connectivity index is 1.47. The molecule has 0 unspecified atom stereocenters. The molecule has 0 saturated carbocycles. The van der Waals surface area contributed by atoms with Gasteiger partial charge in [-0.15, -0.1) is 11.3 Å². The van der Waals surface area contributed by atoms with E-state index >= 15 is 0 Å². The Kier molecular flexibility index (Phi) is 4.64. The summed E-state index contributed by atoms with van der Waals surface area (Å²) in [7, 11) is 0. The van der Waals surface area contributed by atoms with E-state index in [9.17, 15) is 4.79 Å². The highest BCUT2D eigenvalue weighted by atomic mass is 32.1. The number of amides is 1. The van der Waals surface area contributed by atoms with E-state index in [0.717, 1.165) is 39.1 Å². The van der Waals surface area contributed by atoms with E-state index in [1.54, 1.807) is 17.4 Å². The molecular formula is C17H21N3O3S. The maximum Gasteiger partial charge on any atom is 0.290 e. The summed E-state index contributed by atoms with van der Waals surface area (Å²) in [5.41, 5.74) is 0. The Morgan fingerprint density at radius 2 is 2.38 bits per heavy atom. The van der Waals surface area contributed by atoms with Crippen molar-refractivity contribution < 1.29 is 14.1 Å². The third kappa shape index (κ3) is 3.38. The van der Waals surface area contributed by atoms with Crippen LogP contribution in [-0.4, -0.2) is 47.8 Å². The molecule has 2 aromatic heterocycles. The number of likely N-dealkylation sites (tertiary alicyclic amines) is 1. The highest BCUT2D eigenvalue weighted by Crippen LogP contribution is 2.30. The van der Waals surface area contributed by atoms with Crippen molar-refractivity contribution in [3.05, 3.63) is 40.4 Å². The molecule has 0 aliphatic carbocycles. The molecule has 0 aromatic carbocycles. The zero-order chi connectivity index (χ0) is 16.4. The molecule has 0 spiro atoms. The monoisotopic (exact) mass is 347 g/mol. The van der Waals surface area contributed by atoms with Crippen LogP contribution in [0.1, 0.15) is 28.3 Å². The van der Waals surface area contributed by atoms with E-state index in [1.165, 1.54) is 11.1 Å². The van der Waals surface area contributed by atoms with Gasteiger partial charge in [0.25, 0.3) is 5.91 Å². The number of hydrogen-bond acceptors (Lipinski definition) is 6. The molecule has 3 atom stereocenters. The number of ether oxygens (including phenoxy) is 1. The van der Waals surface area contributed by atoms with E-state index in [4.69, 9.17) is 9.26 Å². The minimum absolute atomic E-state index is 0.0263. The maximum atomic E-state index is 12.4. The van der Waals surface area contributed by atoms with Crippen molar-refractivity contribution in [1.82, 2.24) is 15.4 Å². The van der Waals surface area contributed by atoms with E-state index in [2.05, 4.69) is 32.9 Å². The average molecular weight is 347 g/mol. The number of fused-ring (bicyclic) bond motifs is 1. The lowest BCUT2D eigenvalue weighted by Crippen LogP contribution is -2.60. The second kappa shape index (κ2) is 7.04. The molecule has 2 aromatic rings. The molecule has 1 N–H and O–H groups in total. The van der Waals surface area contributed by atoms with E-state index in [0.29, 0.717) is 5.92 Å². The first-order valence-electron chi connectivity index (χ1n) is 8.37. The van der Waals surface area contributed by atoms with Gasteiger partial charge in [-0.05, 0) is 30.2 Å². The quantitative estimate of drug-likeness (QED) is 0.918. The normalized spacial score (nSPS) is 27.6. The molecule has 2 saturated heterocycles. The molecule has 24 heavy (non-hydrogen) atoms. The first kappa shape index (κ1) is 15.8. The van der Waals surface area contributed by atoms with Gasteiger partial charge in [0.1, 0.15) is 0 Å². The molecule has 7 heteroatoms. The Morgan fingerprint density at radius 3 is 3.17 bits per heavy atom. The van der Waals surface area contributed by atoms with Crippen LogP contribution in [0, 0.1) is 5.92 Å². The second-order valence-electron chi connectivity index (χ2n) is 6.47. The summed E-state index contributed by atoms with van der Waals surface area (Å²) in [6.45, 7) is 3.52. The molecule has 4 heterocycles. The molecule has 6 nitrogen and oxygen atoms in total. The van der Waals surface area contributed by atoms with Gasteiger partial charge in [-0.25, -0.2) is 0 Å². The summed E-state index contributed by atoms with van der Waals surface area (Å²) < 4.78 is 11.0. The highest BCUT2D eigenvalue weighted by molar-refractivity contribution is 7.09. The number of nitrogens with zero attached hydrogens (tertiary/aromatic N) is 2. The first-order valence-corrected chi connectivity index (χ1v) is 9.25. The minimum atomic E-state index is -0.219. The third-order valence-corrected chi connectivity index (χ3v) is 5.64. The van der Waals surface area contributed by atoms with Crippen LogP contribution in [-0.2, 0) is 11.3 Å². The van der Waals surface area contributed by atoms with Gasteiger partial charge >= 0.3 is 0 Å². The zero-order valence-corrected chi connectivity index (χ0v) is 14.2. The third-order valence-electron chi connectivity index (χ3n) is 4.78. The zero-order valence-electron chi connectivity index (χ0n) is 13.4. The molecule has 1 amide bonds. The molecule has 0 bridgehead atoms. The average Bonchev–Trinajstić information content (AvgIpc) is 3.28. The van der Waals surface area contributed by atoms with Gasteiger partial charge in [0.2, 0.25) is 5.76 Å². The van der Waals surface area contributed by atoms with Gasteiger partial charge in [0, 0.05) is 37.2 Å². The number of nitrogens with one attached hydrogen (secondary N) is 1. The summed E-state index contributed by atoms with van der Waals surface area (Å²) in [6.07, 6.45) is 3.82. The van der Waals surface area contributed by atoms with Gasteiger partial charge < -0.3 is 14.6 Å². The molecule has 128 valence electrons. The number of piperidine rings is 1. The van der Waals surface area contributed by atoms with E-state index in [-0.39, 0.29) is 23.8 Å². The predicted molar refractivity (Wildman–Crippen MR) is 89.8 cm³/mol. The first-order chi connectivity index (χ1) is 11.8. The fourth-order valence-corrected chi connectivity index (χ4v) is 4.49. The van der Waals surface area contributed by atoms with Crippen LogP contribution in [0.4, 0.5) is 0 Å². The van der Waals surface area contributed by atoms with Gasteiger partial charge in [0.05, 0.1) is 18.3 Å². The maximum absolute atomic E-state index is 12.4. The van der Waals surface area contributed by atoms with Crippen LogP contribution < -0.4 is 5.32 Å². The van der Waals surface area contributed by atoms with Crippen LogP contribution in [0.25, 0.3) is 0 Å². The van der Waals surface area contributed by atoms with Crippen LogP contribution in [0.15, 0.2) is 34.3 Å². The van der Waals surface area contributed by atoms with Crippen LogP contribution >= 0.6 is 11.3 Å². The molecule has 4 rings (SSSR count). The fraction of sp³-hybridized carbons (Fsp3) is 0.529. The van der Waals surface area contributed by atoms with Gasteiger partial charge in [0.15, 0.2) is 0 Å². The van der Waals surface area contributed by atoms with Crippen molar-refractivity contribution in [2.75, 3.05) is 19.7 Å². The predicted octanol–water partition coefficient (Wildman–Crippen LogP) is 2.15. The Labute approximate surface area is 144 Å². The van der Waals surface area contributed by atoms with Crippen molar-refractivity contribution >= 4 is 17.2 Å². The number of hydrogen-bond donors (Lipinski definition) is 1. The number of carbonyl (C=O) groups excluding carboxylic acids is 1. The number of aromatic nitrogens is 1. The number of thiophene rings is 1. The second-order valence-corrected chi connectivity index (χ2v) is 7.50. The van der Waals surface area contributed by atoms with Gasteiger partial charge in [-0.1, -0.05) is 11.2 Å². The van der Waals surface area contributed by atoms with E-state index < -0.39 is 0 Å². The summed E-state index contributed by atoms with van der Waals surface area (Å²) in [6, 6.07) is 5.80. The lowest BCUT2D eigenvalue weighted by molar-refractivity contribution is -0.0847.